The van der Waals surface area contributed by atoms with Gasteiger partial charge in [0, 0.05) is 38.6 Å². The highest BCUT2D eigenvalue weighted by Crippen LogP contribution is 2.14. The summed E-state index contributed by atoms with van der Waals surface area (Å²) in [6.07, 6.45) is 7.20. The topological polar surface area (TPSA) is 27.1 Å². The number of nitrogens with zero attached hydrogens (tertiary/aromatic N) is 2. The fourth-order valence-electron chi connectivity index (χ4n) is 1.59. The lowest BCUT2D eigenvalue weighted by Crippen LogP contribution is -2.10. The molecule has 1 aromatic heterocycles. The molecule has 0 spiro atoms. The van der Waals surface area contributed by atoms with Crippen molar-refractivity contribution in [3.63, 3.8) is 0 Å². The summed E-state index contributed by atoms with van der Waals surface area (Å²) in [5, 5.41) is 0. The molecule has 0 fully saturated rings. The molecule has 0 aliphatic rings. The molecule has 1 aromatic rings. The number of ether oxygens (including phenoxy) is 1. The van der Waals surface area contributed by atoms with E-state index in [1.54, 1.807) is 7.11 Å². The Kier molecular flexibility index (Phi) is 4.66. The molecule has 3 heteroatoms. The Balaban J connectivity index is 2.58. The lowest BCUT2D eigenvalue weighted by atomic mass is 10.2. The van der Waals surface area contributed by atoms with E-state index in [-0.39, 0.29) is 0 Å². The normalized spacial score (nSPS) is 13.1. The van der Waals surface area contributed by atoms with E-state index < -0.39 is 0 Å². The summed E-state index contributed by atoms with van der Waals surface area (Å²) in [5.41, 5.74) is 0. The van der Waals surface area contributed by atoms with Crippen LogP contribution in [0.2, 0.25) is 0 Å². The zero-order chi connectivity index (χ0) is 10.4. The molecule has 0 bridgehead atoms. The van der Waals surface area contributed by atoms with E-state index in [4.69, 9.17) is 4.74 Å². The molecular formula is C11H20N2O. The molecule has 0 N–H and O–H groups in total. The molecule has 80 valence electrons. The van der Waals surface area contributed by atoms with E-state index in [1.807, 2.05) is 6.20 Å². The van der Waals surface area contributed by atoms with Gasteiger partial charge in [-0.2, -0.15) is 0 Å². The molecule has 1 heterocycles. The van der Waals surface area contributed by atoms with Crippen molar-refractivity contribution in [2.24, 2.45) is 0 Å². The van der Waals surface area contributed by atoms with Gasteiger partial charge in [-0.3, -0.25) is 0 Å². The Morgan fingerprint density at radius 3 is 3.00 bits per heavy atom. The molecule has 0 aromatic carbocycles. The lowest BCUT2D eigenvalue weighted by Gasteiger charge is -2.15. The van der Waals surface area contributed by atoms with Crippen LogP contribution in [0.15, 0.2) is 12.4 Å². The molecule has 0 amide bonds. The van der Waals surface area contributed by atoms with Crippen LogP contribution in [0.5, 0.6) is 0 Å². The van der Waals surface area contributed by atoms with Gasteiger partial charge in [0.2, 0.25) is 0 Å². The second-order valence-electron chi connectivity index (χ2n) is 3.63. The van der Waals surface area contributed by atoms with E-state index in [1.165, 1.54) is 5.82 Å². The van der Waals surface area contributed by atoms with Gasteiger partial charge in [0.25, 0.3) is 0 Å². The predicted octanol–water partition coefficient (Wildman–Crippen LogP) is 2.43. The SMILES string of the molecule is CCCc1nccn1C(C)CCOC. The number of aryl methyl sites for hydroxylation is 1. The summed E-state index contributed by atoms with van der Waals surface area (Å²) in [7, 11) is 1.74. The minimum absolute atomic E-state index is 0.485. The van der Waals surface area contributed by atoms with Crippen molar-refractivity contribution in [1.82, 2.24) is 9.55 Å². The molecule has 0 radical (unpaired) electrons. The summed E-state index contributed by atoms with van der Waals surface area (Å²) < 4.78 is 7.33. The summed E-state index contributed by atoms with van der Waals surface area (Å²) in [5.74, 6) is 1.19. The van der Waals surface area contributed by atoms with Crippen LogP contribution in [-0.4, -0.2) is 23.3 Å². The Morgan fingerprint density at radius 2 is 2.36 bits per heavy atom. The van der Waals surface area contributed by atoms with Crippen LogP contribution >= 0.6 is 0 Å². The van der Waals surface area contributed by atoms with Gasteiger partial charge in [-0.05, 0) is 19.8 Å². The minimum Gasteiger partial charge on any atom is -0.385 e. The molecule has 0 saturated carbocycles. The van der Waals surface area contributed by atoms with E-state index in [2.05, 4.69) is 29.6 Å². The van der Waals surface area contributed by atoms with E-state index in [0.717, 1.165) is 25.9 Å². The number of hydrogen-bond acceptors (Lipinski definition) is 2. The van der Waals surface area contributed by atoms with Crippen molar-refractivity contribution in [2.45, 2.75) is 39.2 Å². The van der Waals surface area contributed by atoms with Crippen LogP contribution in [0, 0.1) is 0 Å². The molecule has 14 heavy (non-hydrogen) atoms. The van der Waals surface area contributed by atoms with Gasteiger partial charge >= 0.3 is 0 Å². The number of methoxy groups -OCH3 is 1. The van der Waals surface area contributed by atoms with Crippen molar-refractivity contribution in [3.05, 3.63) is 18.2 Å². The maximum absolute atomic E-state index is 5.08. The van der Waals surface area contributed by atoms with Crippen LogP contribution in [-0.2, 0) is 11.2 Å². The highest BCUT2D eigenvalue weighted by molar-refractivity contribution is 4.94. The van der Waals surface area contributed by atoms with Crippen LogP contribution in [0.1, 0.15) is 38.6 Å². The first-order chi connectivity index (χ1) is 6.79. The second-order valence-corrected chi connectivity index (χ2v) is 3.63. The van der Waals surface area contributed by atoms with Gasteiger partial charge in [0.05, 0.1) is 0 Å². The third-order valence-corrected chi connectivity index (χ3v) is 2.44. The molecule has 0 aliphatic carbocycles. The highest BCUT2D eigenvalue weighted by atomic mass is 16.5. The van der Waals surface area contributed by atoms with Crippen LogP contribution in [0.4, 0.5) is 0 Å². The Bertz CT molecular complexity index is 258. The first-order valence-corrected chi connectivity index (χ1v) is 5.30. The van der Waals surface area contributed by atoms with Crippen molar-refractivity contribution in [1.29, 1.82) is 0 Å². The largest absolute Gasteiger partial charge is 0.385 e. The molecule has 1 rings (SSSR count). The molecule has 3 nitrogen and oxygen atoms in total. The summed E-state index contributed by atoms with van der Waals surface area (Å²) in [6, 6.07) is 0.485. The predicted molar refractivity (Wildman–Crippen MR) is 57.4 cm³/mol. The number of imidazole rings is 1. The number of hydrogen-bond donors (Lipinski definition) is 0. The van der Waals surface area contributed by atoms with Gasteiger partial charge in [0.15, 0.2) is 0 Å². The standard InChI is InChI=1S/C11H20N2O/c1-4-5-11-12-7-8-13(11)10(2)6-9-14-3/h7-8,10H,4-6,9H2,1-3H3. The summed E-state index contributed by atoms with van der Waals surface area (Å²) in [4.78, 5) is 4.36. The fraction of sp³-hybridized carbons (Fsp3) is 0.727. The molecular weight excluding hydrogens is 176 g/mol. The van der Waals surface area contributed by atoms with Crippen molar-refractivity contribution in [2.75, 3.05) is 13.7 Å². The van der Waals surface area contributed by atoms with Gasteiger partial charge in [-0.15, -0.1) is 0 Å². The van der Waals surface area contributed by atoms with Crippen LogP contribution in [0.25, 0.3) is 0 Å². The van der Waals surface area contributed by atoms with Crippen LogP contribution in [0.3, 0.4) is 0 Å². The minimum atomic E-state index is 0.485. The zero-order valence-corrected chi connectivity index (χ0v) is 9.36. The Morgan fingerprint density at radius 1 is 1.57 bits per heavy atom. The lowest BCUT2D eigenvalue weighted by molar-refractivity contribution is 0.180. The van der Waals surface area contributed by atoms with Crippen molar-refractivity contribution < 1.29 is 4.74 Å². The molecule has 1 atom stereocenters. The van der Waals surface area contributed by atoms with E-state index >= 15 is 0 Å². The second kappa shape index (κ2) is 5.81. The highest BCUT2D eigenvalue weighted by Gasteiger charge is 2.08. The third kappa shape index (κ3) is 2.84. The van der Waals surface area contributed by atoms with Gasteiger partial charge in [-0.25, -0.2) is 4.98 Å². The van der Waals surface area contributed by atoms with Crippen molar-refractivity contribution in [3.8, 4) is 0 Å². The smallest absolute Gasteiger partial charge is 0.108 e. The van der Waals surface area contributed by atoms with Gasteiger partial charge < -0.3 is 9.30 Å². The molecule has 0 saturated heterocycles. The first-order valence-electron chi connectivity index (χ1n) is 5.30. The average molecular weight is 196 g/mol. The Labute approximate surface area is 86.1 Å². The Hall–Kier alpha value is -0.830. The molecule has 1 unspecified atom stereocenters. The quantitative estimate of drug-likeness (QED) is 0.698. The van der Waals surface area contributed by atoms with Crippen LogP contribution < -0.4 is 0 Å². The summed E-state index contributed by atoms with van der Waals surface area (Å²) in [6.45, 7) is 5.20. The third-order valence-electron chi connectivity index (χ3n) is 2.44. The van der Waals surface area contributed by atoms with E-state index in [9.17, 15) is 0 Å². The maximum atomic E-state index is 5.08. The average Bonchev–Trinajstić information content (AvgIpc) is 2.63. The zero-order valence-electron chi connectivity index (χ0n) is 9.36. The molecule has 0 aliphatic heterocycles. The first kappa shape index (κ1) is 11.2. The van der Waals surface area contributed by atoms with Gasteiger partial charge in [0.1, 0.15) is 5.82 Å². The summed E-state index contributed by atoms with van der Waals surface area (Å²) >= 11 is 0. The van der Waals surface area contributed by atoms with Gasteiger partial charge in [-0.1, -0.05) is 6.92 Å². The maximum Gasteiger partial charge on any atom is 0.108 e. The fourth-order valence-corrected chi connectivity index (χ4v) is 1.59. The van der Waals surface area contributed by atoms with E-state index in [0.29, 0.717) is 6.04 Å². The number of aromatic nitrogens is 2. The van der Waals surface area contributed by atoms with Crippen molar-refractivity contribution >= 4 is 0 Å². The number of rotatable bonds is 6. The monoisotopic (exact) mass is 196 g/mol.